The van der Waals surface area contributed by atoms with Gasteiger partial charge in [0.1, 0.15) is 11.6 Å². The summed E-state index contributed by atoms with van der Waals surface area (Å²) in [4.78, 5) is 7.64. The molecule has 0 spiro atoms. The molecule has 3 aromatic carbocycles. The Morgan fingerprint density at radius 3 is 2.56 bits per heavy atom. The van der Waals surface area contributed by atoms with Crippen LogP contribution in [0.2, 0.25) is 0 Å². The number of hydrogen-bond acceptors (Lipinski definition) is 4. The molecule has 39 heavy (non-hydrogen) atoms. The number of rotatable bonds is 6. The van der Waals surface area contributed by atoms with Crippen molar-refractivity contribution in [2.45, 2.75) is 57.7 Å². The molecular weight excluding hydrogens is 489 g/mol. The summed E-state index contributed by atoms with van der Waals surface area (Å²) in [6, 6.07) is 21.6. The first-order valence-corrected chi connectivity index (χ1v) is 14.1. The number of hydrogen-bond donors (Lipinski definition) is 1. The monoisotopic (exact) mass is 523 g/mol. The van der Waals surface area contributed by atoms with Gasteiger partial charge in [0.05, 0.1) is 34.0 Å². The molecule has 2 aromatic heterocycles. The zero-order valence-electron chi connectivity index (χ0n) is 22.3. The van der Waals surface area contributed by atoms with Gasteiger partial charge in [0.2, 0.25) is 0 Å². The number of aliphatic hydroxyl groups excluding tert-OH is 1. The van der Waals surface area contributed by atoms with Crippen LogP contribution in [0.25, 0.3) is 27.6 Å². The first-order chi connectivity index (χ1) is 19.0. The zero-order chi connectivity index (χ0) is 26.5. The first-order valence-electron chi connectivity index (χ1n) is 14.1. The van der Waals surface area contributed by atoms with E-state index in [1.165, 1.54) is 29.0 Å². The first kappa shape index (κ1) is 24.5. The second-order valence-electron chi connectivity index (χ2n) is 11.4. The average Bonchev–Trinajstić information content (AvgIpc) is 3.46. The summed E-state index contributed by atoms with van der Waals surface area (Å²) in [6.45, 7) is 5.95. The topological polar surface area (TPSA) is 59.1 Å². The summed E-state index contributed by atoms with van der Waals surface area (Å²) in [5, 5.41) is 15.6. The molecule has 1 saturated carbocycles. The fourth-order valence-electron chi connectivity index (χ4n) is 6.53. The molecule has 2 fully saturated rings. The fourth-order valence-corrected chi connectivity index (χ4v) is 6.53. The number of likely N-dealkylation sites (tertiary alicyclic amines) is 1. The minimum atomic E-state index is -0.258. The number of aliphatic hydroxyl groups is 1. The fraction of sp³-hybridized carbons (Fsp3) is 0.375. The maximum absolute atomic E-state index is 13.8. The van der Waals surface area contributed by atoms with Crippen molar-refractivity contribution < 1.29 is 9.50 Å². The van der Waals surface area contributed by atoms with Crippen LogP contribution in [0.4, 0.5) is 4.39 Å². The van der Waals surface area contributed by atoms with E-state index >= 15 is 0 Å². The van der Waals surface area contributed by atoms with Crippen LogP contribution in [0.1, 0.15) is 48.7 Å². The molecule has 0 amide bonds. The van der Waals surface area contributed by atoms with Crippen molar-refractivity contribution in [3.63, 3.8) is 0 Å². The number of aromatic nitrogens is 4. The van der Waals surface area contributed by atoms with Gasteiger partial charge in [-0.25, -0.2) is 14.1 Å². The number of benzene rings is 3. The molecule has 7 rings (SSSR count). The van der Waals surface area contributed by atoms with Crippen LogP contribution in [0.3, 0.4) is 0 Å². The quantitative estimate of drug-likeness (QED) is 0.298. The van der Waals surface area contributed by atoms with Crippen molar-refractivity contribution >= 4 is 21.9 Å². The normalized spacial score (nSPS) is 20.6. The predicted octanol–water partition coefficient (Wildman–Crippen LogP) is 5.97. The molecule has 3 heterocycles. The van der Waals surface area contributed by atoms with Crippen LogP contribution in [0.15, 0.2) is 66.7 Å². The molecule has 5 aromatic rings. The molecule has 2 aliphatic rings. The second kappa shape index (κ2) is 9.88. The third-order valence-electron chi connectivity index (χ3n) is 8.68. The Morgan fingerprint density at radius 2 is 1.77 bits per heavy atom. The lowest BCUT2D eigenvalue weighted by atomic mass is 9.82. The summed E-state index contributed by atoms with van der Waals surface area (Å²) < 4.78 is 18.1. The SMILES string of the molecule is Cc1nn(-c2cccc(F)c2)c2ccc(CN3CCC(c4nc5ccccc5n4CC4CC(O)C4)CC3)cc12. The Labute approximate surface area is 227 Å². The van der Waals surface area contributed by atoms with Crippen molar-refractivity contribution in [2.75, 3.05) is 13.1 Å². The van der Waals surface area contributed by atoms with E-state index in [0.717, 1.165) is 79.7 Å². The van der Waals surface area contributed by atoms with Crippen LogP contribution in [-0.4, -0.2) is 48.5 Å². The van der Waals surface area contributed by atoms with E-state index in [2.05, 4.69) is 51.9 Å². The minimum Gasteiger partial charge on any atom is -0.393 e. The van der Waals surface area contributed by atoms with Crippen LogP contribution in [0.5, 0.6) is 0 Å². The zero-order valence-corrected chi connectivity index (χ0v) is 22.3. The van der Waals surface area contributed by atoms with E-state index in [1.54, 1.807) is 6.07 Å². The number of para-hydroxylation sites is 2. The van der Waals surface area contributed by atoms with Crippen molar-refractivity contribution in [1.82, 2.24) is 24.2 Å². The Kier molecular flexibility index (Phi) is 6.21. The largest absolute Gasteiger partial charge is 0.393 e. The molecule has 1 aliphatic carbocycles. The molecule has 0 radical (unpaired) electrons. The number of imidazole rings is 1. The van der Waals surface area contributed by atoms with E-state index in [1.807, 2.05) is 17.7 Å². The Bertz CT molecular complexity index is 1640. The molecule has 200 valence electrons. The lowest BCUT2D eigenvalue weighted by Gasteiger charge is -2.34. The lowest BCUT2D eigenvalue weighted by Crippen LogP contribution is -2.34. The Morgan fingerprint density at radius 1 is 0.949 bits per heavy atom. The number of nitrogens with zero attached hydrogens (tertiary/aromatic N) is 5. The van der Waals surface area contributed by atoms with Crippen LogP contribution < -0.4 is 0 Å². The molecule has 0 bridgehead atoms. The van der Waals surface area contributed by atoms with Gasteiger partial charge in [-0.1, -0.05) is 24.3 Å². The molecule has 1 N–H and O–H groups in total. The summed E-state index contributed by atoms with van der Waals surface area (Å²) in [5.74, 6) is 1.96. The van der Waals surface area contributed by atoms with Gasteiger partial charge < -0.3 is 9.67 Å². The van der Waals surface area contributed by atoms with Gasteiger partial charge in [-0.15, -0.1) is 0 Å². The van der Waals surface area contributed by atoms with E-state index in [9.17, 15) is 9.50 Å². The number of piperidine rings is 1. The van der Waals surface area contributed by atoms with Crippen molar-refractivity contribution in [1.29, 1.82) is 0 Å². The molecule has 6 nitrogen and oxygen atoms in total. The summed E-state index contributed by atoms with van der Waals surface area (Å²) in [7, 11) is 0. The number of aryl methyl sites for hydroxylation is 1. The van der Waals surface area contributed by atoms with E-state index in [-0.39, 0.29) is 11.9 Å². The third-order valence-corrected chi connectivity index (χ3v) is 8.68. The van der Waals surface area contributed by atoms with Crippen molar-refractivity contribution in [3.05, 3.63) is 89.6 Å². The molecule has 0 atom stereocenters. The minimum absolute atomic E-state index is 0.129. The smallest absolute Gasteiger partial charge is 0.125 e. The van der Waals surface area contributed by atoms with E-state index in [0.29, 0.717) is 11.8 Å². The summed E-state index contributed by atoms with van der Waals surface area (Å²) >= 11 is 0. The molecule has 7 heteroatoms. The third kappa shape index (κ3) is 4.64. The highest BCUT2D eigenvalue weighted by Crippen LogP contribution is 2.35. The van der Waals surface area contributed by atoms with Gasteiger partial charge in [0, 0.05) is 24.4 Å². The Hall–Kier alpha value is -3.55. The van der Waals surface area contributed by atoms with E-state index < -0.39 is 0 Å². The predicted molar refractivity (Wildman–Crippen MR) is 151 cm³/mol. The van der Waals surface area contributed by atoms with E-state index in [4.69, 9.17) is 10.1 Å². The van der Waals surface area contributed by atoms with Gasteiger partial charge in [-0.3, -0.25) is 4.90 Å². The number of halogens is 1. The molecule has 0 unspecified atom stereocenters. The highest BCUT2D eigenvalue weighted by Gasteiger charge is 2.31. The second-order valence-corrected chi connectivity index (χ2v) is 11.4. The van der Waals surface area contributed by atoms with Gasteiger partial charge in [0.25, 0.3) is 0 Å². The summed E-state index contributed by atoms with van der Waals surface area (Å²) in [6.07, 6.45) is 3.85. The average molecular weight is 524 g/mol. The highest BCUT2D eigenvalue weighted by molar-refractivity contribution is 5.84. The maximum atomic E-state index is 13.8. The molecule has 1 aliphatic heterocycles. The van der Waals surface area contributed by atoms with Gasteiger partial charge in [-0.05, 0) is 99.6 Å². The molecule has 1 saturated heterocycles. The van der Waals surface area contributed by atoms with Crippen LogP contribution in [-0.2, 0) is 13.1 Å². The Balaban J connectivity index is 1.06. The lowest BCUT2D eigenvalue weighted by molar-refractivity contribution is 0.0351. The summed E-state index contributed by atoms with van der Waals surface area (Å²) in [5.41, 5.74) is 6.27. The number of fused-ring (bicyclic) bond motifs is 2. The van der Waals surface area contributed by atoms with Gasteiger partial charge >= 0.3 is 0 Å². The standard InChI is InChI=1S/C32H34FN5O/c1-21-28-17-22(9-10-30(28)38(35-21)26-6-4-5-25(33)18-26)19-36-13-11-24(12-14-36)32-34-29-7-2-3-8-31(29)37(32)20-23-15-27(39)16-23/h2-10,17-18,23-24,27,39H,11-16,19-20H2,1H3. The van der Waals surface area contributed by atoms with Crippen molar-refractivity contribution in [3.8, 4) is 5.69 Å². The van der Waals surface area contributed by atoms with Crippen molar-refractivity contribution in [2.24, 2.45) is 5.92 Å². The van der Waals surface area contributed by atoms with Crippen LogP contribution in [0, 0.1) is 18.7 Å². The van der Waals surface area contributed by atoms with Crippen LogP contribution >= 0.6 is 0 Å². The van der Waals surface area contributed by atoms with Gasteiger partial charge in [0.15, 0.2) is 0 Å². The highest BCUT2D eigenvalue weighted by atomic mass is 19.1. The maximum Gasteiger partial charge on any atom is 0.125 e. The molecular formula is C32H34FN5O. The van der Waals surface area contributed by atoms with Gasteiger partial charge in [-0.2, -0.15) is 5.10 Å².